The molecule has 0 aliphatic heterocycles. The van der Waals surface area contributed by atoms with Crippen LogP contribution in [0, 0.1) is 0 Å². The van der Waals surface area contributed by atoms with E-state index in [2.05, 4.69) is 0 Å². The van der Waals surface area contributed by atoms with Crippen LogP contribution >= 0.6 is 0 Å². The molecule has 10 aromatic rings. The van der Waals surface area contributed by atoms with E-state index in [1.54, 1.807) is 0 Å². The molecular weight excluding hydrogens is 1060 g/mol. The minimum absolute atomic E-state index is 0.0209. The van der Waals surface area contributed by atoms with Gasteiger partial charge >= 0.3 is 0 Å². The Morgan fingerprint density at radius 1 is 0.390 bits per heavy atom. The van der Waals surface area contributed by atoms with Crippen molar-refractivity contribution in [3.05, 3.63) is 132 Å². The highest BCUT2D eigenvalue weighted by Crippen LogP contribution is 2.56. The van der Waals surface area contributed by atoms with Crippen LogP contribution in [0.3, 0.4) is 0 Å². The number of benzene rings is 10. The number of aliphatic hydroxyl groups excluding tert-OH is 6. The number of phenolic OH excluding ortho intramolecular Hbond substituents is 4. The third-order valence-corrected chi connectivity index (χ3v) is 16.5. The first-order chi connectivity index (χ1) is 39.6. The highest BCUT2D eigenvalue weighted by Gasteiger charge is 2.35. The smallest absolute Gasteiger partial charge is 0.190 e. The van der Waals surface area contributed by atoms with Crippen molar-refractivity contribution in [1.29, 1.82) is 0 Å². The van der Waals surface area contributed by atoms with E-state index in [1.165, 1.54) is 38.5 Å². The number of aliphatic hydroxyl groups is 6. The van der Waals surface area contributed by atoms with Crippen LogP contribution in [0.1, 0.15) is 82.3 Å². The van der Waals surface area contributed by atoms with E-state index >= 15 is 0 Å². The molecule has 0 saturated heterocycles. The first-order valence-corrected chi connectivity index (χ1v) is 27.0. The van der Waals surface area contributed by atoms with Gasteiger partial charge in [0.15, 0.2) is 44.7 Å². The van der Waals surface area contributed by atoms with Gasteiger partial charge in [0.2, 0.25) is 0 Å². The van der Waals surface area contributed by atoms with Crippen LogP contribution in [0.2, 0.25) is 0 Å². The van der Waals surface area contributed by atoms with E-state index in [-0.39, 0.29) is 99.2 Å². The number of hydrogen-bond acceptors (Lipinski definition) is 18. The Bertz CT molecular complexity index is 4600. The maximum absolute atomic E-state index is 13.6. The highest BCUT2D eigenvalue weighted by molar-refractivity contribution is 6.39. The number of methoxy groups -OCH3 is 2. The van der Waals surface area contributed by atoms with Crippen molar-refractivity contribution in [1.82, 2.24) is 0 Å². The van der Waals surface area contributed by atoms with Gasteiger partial charge in [-0.05, 0) is 153 Å². The summed E-state index contributed by atoms with van der Waals surface area (Å²) in [5.41, 5.74) is 4.72. The predicted molar refractivity (Wildman–Crippen MR) is 313 cm³/mol. The van der Waals surface area contributed by atoms with E-state index in [0.29, 0.717) is 150 Å². The van der Waals surface area contributed by atoms with E-state index < -0.39 is 48.1 Å². The molecule has 0 radical (unpaired) electrons. The molecule has 18 heteroatoms. The van der Waals surface area contributed by atoms with Gasteiger partial charge in [-0.15, -0.1) is 0 Å². The normalized spacial score (nSPS) is 13.2. The van der Waals surface area contributed by atoms with Gasteiger partial charge in [-0.1, -0.05) is 23.3 Å². The Balaban J connectivity index is 0.000000172. The second-order valence-corrected chi connectivity index (χ2v) is 21.2. The largest absolute Gasteiger partial charge is 0.507 e. The monoisotopic (exact) mass is 1120 g/mol. The average Bonchev–Trinajstić information content (AvgIpc) is 1.43. The number of allylic oxidation sites excluding steroid dienone is 2. The molecule has 424 valence electrons. The quantitative estimate of drug-likeness (QED) is 0.0252. The maximum atomic E-state index is 13.6. The Labute approximate surface area is 465 Å². The van der Waals surface area contributed by atoms with Gasteiger partial charge in [-0.3, -0.25) is 19.2 Å². The molecule has 0 unspecified atom stereocenters. The Kier molecular flexibility index (Phi) is 14.8. The van der Waals surface area contributed by atoms with Crippen molar-refractivity contribution in [2.24, 2.45) is 0 Å². The molecule has 0 heterocycles. The lowest BCUT2D eigenvalue weighted by Crippen LogP contribution is -2.12. The zero-order valence-electron chi connectivity index (χ0n) is 45.5. The molecule has 18 nitrogen and oxygen atoms in total. The summed E-state index contributed by atoms with van der Waals surface area (Å²) in [4.78, 5) is 54.1. The van der Waals surface area contributed by atoms with Crippen molar-refractivity contribution >= 4 is 98.3 Å². The van der Waals surface area contributed by atoms with E-state index in [9.17, 15) is 60.0 Å². The van der Waals surface area contributed by atoms with Gasteiger partial charge in [-0.25, -0.2) is 0 Å². The second-order valence-electron chi connectivity index (χ2n) is 21.2. The lowest BCUT2D eigenvalue weighted by atomic mass is 9.80. The van der Waals surface area contributed by atoms with Gasteiger partial charge in [-0.2, -0.15) is 0 Å². The van der Waals surface area contributed by atoms with Gasteiger partial charge in [0.1, 0.15) is 11.5 Å². The van der Waals surface area contributed by atoms with Crippen molar-refractivity contribution in [3.8, 4) is 34.5 Å². The minimum Gasteiger partial charge on any atom is -0.507 e. The number of fused-ring (bicyclic) bond motifs is 2. The molecule has 0 atom stereocenters. The lowest BCUT2D eigenvalue weighted by Gasteiger charge is -2.24. The van der Waals surface area contributed by atoms with Crippen molar-refractivity contribution in [3.63, 3.8) is 0 Å². The van der Waals surface area contributed by atoms with Crippen LogP contribution in [-0.2, 0) is 61.6 Å². The summed E-state index contributed by atoms with van der Waals surface area (Å²) < 4.78 is 22.2. The van der Waals surface area contributed by atoms with Crippen molar-refractivity contribution < 1.29 is 70.0 Å². The summed E-state index contributed by atoms with van der Waals surface area (Å²) in [6, 6.07) is 5.08. The first kappa shape index (κ1) is 55.8. The SMILES string of the molecule is COc1c(O)c2c(=O)cc(CO)c3c4c(CO)cc(=O)c5c(O)c(CCCOCCO)c6c(c(c1C=C(C)C6)c23)c54.COc1c(O)c2c(=O)cc(CO)c3c4c(CO)cc(=O)c5c(O)c(CCCOCCO)c6c(c(c1CC(C)=C6)c23)c54. The maximum Gasteiger partial charge on any atom is 0.190 e. The van der Waals surface area contributed by atoms with E-state index in [4.69, 9.17) is 29.2 Å². The highest BCUT2D eigenvalue weighted by atomic mass is 16.5. The summed E-state index contributed by atoms with van der Waals surface area (Å²) >= 11 is 0. The Morgan fingerprint density at radius 3 is 1.17 bits per heavy atom. The number of ether oxygens (including phenoxy) is 4. The summed E-state index contributed by atoms with van der Waals surface area (Å²) in [6.07, 6.45) is 6.34. The second kappa shape index (κ2) is 21.7. The van der Waals surface area contributed by atoms with Gasteiger partial charge in [0.25, 0.3) is 0 Å². The molecule has 0 fully saturated rings. The van der Waals surface area contributed by atoms with Crippen LogP contribution in [0.15, 0.2) is 54.6 Å². The molecule has 0 bridgehead atoms. The Morgan fingerprint density at radius 2 is 0.744 bits per heavy atom. The zero-order valence-corrected chi connectivity index (χ0v) is 45.5. The van der Waals surface area contributed by atoms with Gasteiger partial charge in [0.05, 0.1) is 88.6 Å². The van der Waals surface area contributed by atoms with Crippen molar-refractivity contribution in [2.45, 2.75) is 78.8 Å². The summed E-state index contributed by atoms with van der Waals surface area (Å²) in [5, 5.41) is 112. The van der Waals surface area contributed by atoms with Gasteiger partial charge < -0.3 is 70.0 Å². The molecule has 2 aliphatic rings. The van der Waals surface area contributed by atoms with E-state index in [1.807, 2.05) is 26.0 Å². The fraction of sp³-hybridized carbons (Fsp3) is 0.312. The molecule has 0 saturated carbocycles. The summed E-state index contributed by atoms with van der Waals surface area (Å²) in [7, 11) is 2.83. The molecule has 0 aromatic heterocycles. The van der Waals surface area contributed by atoms with E-state index in [0.717, 1.165) is 16.7 Å². The molecular formula is C64H60O18. The molecule has 0 spiro atoms. The molecule has 10 aromatic carbocycles. The van der Waals surface area contributed by atoms with Crippen LogP contribution in [0.4, 0.5) is 0 Å². The molecule has 10 N–H and O–H groups in total. The number of aromatic hydroxyl groups is 4. The standard InChI is InChI=1S/2C32H30O9/c2*1-14-8-18-17(4-3-6-41-7-5-33)30(38)26-20(36)10-15(12-34)22-23-16(13-35)11-21(37)27-29(23)25(24(18)28(22)26)19(9-14)32(40-2)31(27)39/h9-11,33-35,38-39H,3-8,12-13H2,1-2H3;8,10-11,33-35,38-39H,3-7,9,12-13H2,1-2H3. The number of hydrogen-bond donors (Lipinski definition) is 10. The molecule has 0 amide bonds. The van der Waals surface area contributed by atoms with Crippen LogP contribution < -0.4 is 31.2 Å². The van der Waals surface area contributed by atoms with Gasteiger partial charge in [0, 0.05) is 56.8 Å². The lowest BCUT2D eigenvalue weighted by molar-refractivity contribution is 0.0908. The summed E-state index contributed by atoms with van der Waals surface area (Å²) in [6.45, 7) is 2.70. The third-order valence-electron chi connectivity index (χ3n) is 16.5. The number of phenols is 4. The fourth-order valence-electron chi connectivity index (χ4n) is 13.5. The first-order valence-electron chi connectivity index (χ1n) is 27.0. The molecule has 12 rings (SSSR count). The minimum atomic E-state index is -0.497. The fourth-order valence-corrected chi connectivity index (χ4v) is 13.5. The summed E-state index contributed by atoms with van der Waals surface area (Å²) in [5.74, 6) is -0.681. The average molecular weight is 1120 g/mol. The predicted octanol–water partition coefficient (Wildman–Crippen LogP) is 6.40. The Hall–Kier alpha value is -8.04. The zero-order chi connectivity index (χ0) is 58.3. The van der Waals surface area contributed by atoms with Crippen LogP contribution in [0.5, 0.6) is 34.5 Å². The topological polar surface area (TPSA) is 308 Å². The van der Waals surface area contributed by atoms with Crippen LogP contribution in [0.25, 0.3) is 98.3 Å². The van der Waals surface area contributed by atoms with Crippen LogP contribution in [-0.4, -0.2) is 105 Å². The number of rotatable bonds is 18. The van der Waals surface area contributed by atoms with Crippen molar-refractivity contribution in [2.75, 3.05) is 53.9 Å². The third kappa shape index (κ3) is 8.22. The molecule has 2 aliphatic carbocycles. The molecule has 82 heavy (non-hydrogen) atoms.